The monoisotopic (exact) mass is 378 g/mol. The van der Waals surface area contributed by atoms with E-state index >= 15 is 0 Å². The van der Waals surface area contributed by atoms with Crippen molar-refractivity contribution in [3.05, 3.63) is 29.3 Å². The van der Waals surface area contributed by atoms with Crippen molar-refractivity contribution in [2.24, 2.45) is 0 Å². The fraction of sp³-hybridized carbons (Fsp3) is 0.444. The molecule has 0 atom stereocenters. The van der Waals surface area contributed by atoms with Gasteiger partial charge in [0, 0.05) is 24.9 Å². The summed E-state index contributed by atoms with van der Waals surface area (Å²) < 4.78 is 0. The molecule has 0 aliphatic rings. The maximum atomic E-state index is 11.9. The second kappa shape index (κ2) is 11.2. The summed E-state index contributed by atoms with van der Waals surface area (Å²) in [5.41, 5.74) is 7.62. The minimum absolute atomic E-state index is 0.00383. The first kappa shape index (κ1) is 21.6. The third kappa shape index (κ3) is 8.57. The van der Waals surface area contributed by atoms with Gasteiger partial charge in [0.15, 0.2) is 5.11 Å². The highest BCUT2D eigenvalue weighted by molar-refractivity contribution is 7.80. The van der Waals surface area contributed by atoms with Crippen LogP contribution in [0.1, 0.15) is 50.2 Å². The van der Waals surface area contributed by atoms with Gasteiger partial charge in [-0.25, -0.2) is 0 Å². The first-order chi connectivity index (χ1) is 12.3. The molecule has 0 fully saturated rings. The van der Waals surface area contributed by atoms with Gasteiger partial charge in [-0.05, 0) is 44.1 Å². The van der Waals surface area contributed by atoms with E-state index in [0.717, 1.165) is 29.7 Å². The van der Waals surface area contributed by atoms with Crippen LogP contribution in [0.5, 0.6) is 0 Å². The summed E-state index contributed by atoms with van der Waals surface area (Å²) in [5, 5.41) is 5.27. The number of thiocarbonyl (C=S) groups is 1. The van der Waals surface area contributed by atoms with E-state index in [-0.39, 0.29) is 29.8 Å². The third-order valence-corrected chi connectivity index (χ3v) is 3.77. The number of hydrazine groups is 1. The smallest absolute Gasteiger partial charge is 0.238 e. The molecule has 0 bridgehead atoms. The Hall–Kier alpha value is -2.48. The number of hydrogen-bond donors (Lipinski definition) is 4. The summed E-state index contributed by atoms with van der Waals surface area (Å²) in [4.78, 5) is 35.2. The quantitative estimate of drug-likeness (QED) is 0.431. The average Bonchev–Trinajstić information content (AvgIpc) is 2.58. The van der Waals surface area contributed by atoms with E-state index < -0.39 is 5.91 Å². The van der Waals surface area contributed by atoms with Gasteiger partial charge in [-0.3, -0.25) is 25.2 Å². The highest BCUT2D eigenvalue weighted by Gasteiger charge is 2.09. The van der Waals surface area contributed by atoms with Gasteiger partial charge in [-0.2, -0.15) is 0 Å². The summed E-state index contributed by atoms with van der Waals surface area (Å²) in [6, 6.07) is 5.72. The van der Waals surface area contributed by atoms with Crippen molar-refractivity contribution in [2.45, 2.75) is 52.9 Å². The van der Waals surface area contributed by atoms with Crippen LogP contribution in [0.25, 0.3) is 0 Å². The Morgan fingerprint density at radius 2 is 1.65 bits per heavy atom. The molecule has 0 spiro atoms. The molecule has 0 aliphatic heterocycles. The first-order valence-corrected chi connectivity index (χ1v) is 8.98. The van der Waals surface area contributed by atoms with Crippen LogP contribution >= 0.6 is 12.2 Å². The molecule has 26 heavy (non-hydrogen) atoms. The molecule has 4 N–H and O–H groups in total. The molecule has 7 nitrogen and oxygen atoms in total. The standard InChI is InChI=1S/C18H26N4O3S/c1-4-5-6-15(23)20-18(26)22-21-17(25)10-9-16(24)19-14-8-7-12(2)11-13(14)3/h7-8,11H,4-6,9-10H2,1-3H3,(H,19,24)(H,21,25)(H2,20,22,23,26). The summed E-state index contributed by atoms with van der Waals surface area (Å²) >= 11 is 4.91. The van der Waals surface area contributed by atoms with Crippen LogP contribution in [0.2, 0.25) is 0 Å². The molecule has 142 valence electrons. The van der Waals surface area contributed by atoms with Gasteiger partial charge in [0.05, 0.1) is 0 Å². The summed E-state index contributed by atoms with van der Waals surface area (Å²) in [6.07, 6.45) is 2.10. The Labute approximate surface area is 159 Å². The van der Waals surface area contributed by atoms with E-state index in [1.54, 1.807) is 0 Å². The van der Waals surface area contributed by atoms with E-state index in [0.29, 0.717) is 6.42 Å². The zero-order chi connectivity index (χ0) is 19.5. The Balaban J connectivity index is 2.27. The normalized spacial score (nSPS) is 9.96. The Morgan fingerprint density at radius 1 is 0.962 bits per heavy atom. The molecule has 0 saturated carbocycles. The Morgan fingerprint density at radius 3 is 2.31 bits per heavy atom. The lowest BCUT2D eigenvalue weighted by Gasteiger charge is -2.11. The second-order valence-corrected chi connectivity index (χ2v) is 6.43. The molecule has 0 radical (unpaired) electrons. The van der Waals surface area contributed by atoms with Crippen molar-refractivity contribution in [1.29, 1.82) is 0 Å². The van der Waals surface area contributed by atoms with Gasteiger partial charge in [-0.15, -0.1) is 0 Å². The van der Waals surface area contributed by atoms with Gasteiger partial charge in [-0.1, -0.05) is 31.0 Å². The molecule has 1 aromatic rings. The van der Waals surface area contributed by atoms with Crippen molar-refractivity contribution >= 4 is 40.7 Å². The number of benzene rings is 1. The number of anilines is 1. The molecular formula is C18H26N4O3S. The molecule has 3 amide bonds. The van der Waals surface area contributed by atoms with Gasteiger partial charge < -0.3 is 10.6 Å². The van der Waals surface area contributed by atoms with E-state index in [4.69, 9.17) is 12.2 Å². The van der Waals surface area contributed by atoms with E-state index in [2.05, 4.69) is 21.5 Å². The van der Waals surface area contributed by atoms with Crippen LogP contribution in [0.3, 0.4) is 0 Å². The molecule has 1 aromatic carbocycles. The molecule has 0 aliphatic carbocycles. The highest BCUT2D eigenvalue weighted by atomic mass is 32.1. The highest BCUT2D eigenvalue weighted by Crippen LogP contribution is 2.16. The number of unbranched alkanes of at least 4 members (excludes halogenated alkanes) is 1. The predicted molar refractivity (Wildman–Crippen MR) is 105 cm³/mol. The van der Waals surface area contributed by atoms with Crippen molar-refractivity contribution < 1.29 is 14.4 Å². The minimum atomic E-state index is -0.397. The third-order valence-electron chi connectivity index (χ3n) is 3.56. The second-order valence-electron chi connectivity index (χ2n) is 6.02. The van der Waals surface area contributed by atoms with Crippen molar-refractivity contribution in [3.63, 3.8) is 0 Å². The lowest BCUT2D eigenvalue weighted by Crippen LogP contribution is -2.48. The lowest BCUT2D eigenvalue weighted by atomic mass is 10.1. The summed E-state index contributed by atoms with van der Waals surface area (Å²) in [5.74, 6) is -0.847. The van der Waals surface area contributed by atoms with Crippen LogP contribution in [-0.4, -0.2) is 22.8 Å². The molecule has 0 heterocycles. The number of carbonyl (C=O) groups is 3. The van der Waals surface area contributed by atoms with Crippen LogP contribution in [0.15, 0.2) is 18.2 Å². The number of rotatable bonds is 7. The number of carbonyl (C=O) groups excluding carboxylic acids is 3. The number of hydrogen-bond acceptors (Lipinski definition) is 4. The zero-order valence-corrected chi connectivity index (χ0v) is 16.2. The molecular weight excluding hydrogens is 352 g/mol. The maximum absolute atomic E-state index is 11.9. The van der Waals surface area contributed by atoms with Crippen molar-refractivity contribution in [3.8, 4) is 0 Å². The fourth-order valence-electron chi connectivity index (χ4n) is 2.14. The largest absolute Gasteiger partial charge is 0.326 e. The number of aryl methyl sites for hydroxylation is 2. The molecule has 0 aromatic heterocycles. The van der Waals surface area contributed by atoms with Gasteiger partial charge in [0.1, 0.15) is 0 Å². The van der Waals surface area contributed by atoms with Crippen LogP contribution in [0, 0.1) is 13.8 Å². The van der Waals surface area contributed by atoms with E-state index in [1.807, 2.05) is 39.0 Å². The maximum Gasteiger partial charge on any atom is 0.238 e. The van der Waals surface area contributed by atoms with Crippen molar-refractivity contribution in [1.82, 2.24) is 16.2 Å². The number of nitrogens with one attached hydrogen (secondary N) is 4. The van der Waals surface area contributed by atoms with Gasteiger partial charge >= 0.3 is 0 Å². The van der Waals surface area contributed by atoms with Crippen molar-refractivity contribution in [2.75, 3.05) is 5.32 Å². The molecule has 0 saturated heterocycles. The summed E-state index contributed by atoms with van der Waals surface area (Å²) in [7, 11) is 0. The van der Waals surface area contributed by atoms with E-state index in [9.17, 15) is 14.4 Å². The average molecular weight is 378 g/mol. The topological polar surface area (TPSA) is 99.3 Å². The predicted octanol–water partition coefficient (Wildman–Crippen LogP) is 2.23. The van der Waals surface area contributed by atoms with Crippen LogP contribution in [0.4, 0.5) is 5.69 Å². The van der Waals surface area contributed by atoms with Gasteiger partial charge in [0.25, 0.3) is 0 Å². The first-order valence-electron chi connectivity index (χ1n) is 8.57. The van der Waals surface area contributed by atoms with E-state index in [1.165, 1.54) is 0 Å². The molecule has 1 rings (SSSR count). The zero-order valence-electron chi connectivity index (χ0n) is 15.4. The van der Waals surface area contributed by atoms with Crippen LogP contribution < -0.4 is 21.5 Å². The Bertz CT molecular complexity index is 676. The fourth-order valence-corrected chi connectivity index (χ4v) is 2.31. The number of amides is 3. The lowest BCUT2D eigenvalue weighted by molar-refractivity contribution is -0.124. The summed E-state index contributed by atoms with van der Waals surface area (Å²) in [6.45, 7) is 5.88. The SMILES string of the molecule is CCCCC(=O)NC(=S)NNC(=O)CCC(=O)Nc1ccc(C)cc1C. The Kier molecular flexibility index (Phi) is 9.29. The molecule has 8 heteroatoms. The minimum Gasteiger partial charge on any atom is -0.326 e. The molecule has 0 unspecified atom stereocenters. The van der Waals surface area contributed by atoms with Gasteiger partial charge in [0.2, 0.25) is 17.7 Å². The van der Waals surface area contributed by atoms with Crippen LogP contribution in [-0.2, 0) is 14.4 Å².